The second kappa shape index (κ2) is 7.12. The molecule has 2 rings (SSSR count). The SMILES string of the molecule is CCOCC(C#Cc1ccc(C(=O)OC)cc1)C1CC1. The van der Waals surface area contributed by atoms with Crippen LogP contribution < -0.4 is 0 Å². The van der Waals surface area contributed by atoms with Gasteiger partial charge in [0, 0.05) is 18.1 Å². The third kappa shape index (κ3) is 4.11. The van der Waals surface area contributed by atoms with E-state index in [1.807, 2.05) is 19.1 Å². The molecule has 1 aromatic rings. The highest BCUT2D eigenvalue weighted by Crippen LogP contribution is 2.36. The Bertz CT molecular complexity index is 503. The van der Waals surface area contributed by atoms with Crippen LogP contribution in [0.1, 0.15) is 35.7 Å². The summed E-state index contributed by atoms with van der Waals surface area (Å²) in [5.74, 6) is 7.19. The van der Waals surface area contributed by atoms with Gasteiger partial charge in [0.15, 0.2) is 0 Å². The highest BCUT2D eigenvalue weighted by molar-refractivity contribution is 5.89. The molecule has 3 nitrogen and oxygen atoms in total. The van der Waals surface area contributed by atoms with Crippen molar-refractivity contribution >= 4 is 5.97 Å². The van der Waals surface area contributed by atoms with Crippen molar-refractivity contribution in [1.29, 1.82) is 0 Å². The molecule has 1 atom stereocenters. The largest absolute Gasteiger partial charge is 0.465 e. The molecule has 1 fully saturated rings. The Balaban J connectivity index is 2.01. The van der Waals surface area contributed by atoms with E-state index in [9.17, 15) is 4.79 Å². The fourth-order valence-electron chi connectivity index (χ4n) is 2.02. The zero-order chi connectivity index (χ0) is 14.4. The quantitative estimate of drug-likeness (QED) is 0.611. The minimum Gasteiger partial charge on any atom is -0.465 e. The maximum absolute atomic E-state index is 11.3. The molecule has 1 aliphatic carbocycles. The first-order chi connectivity index (χ1) is 9.74. The second-order valence-corrected chi connectivity index (χ2v) is 4.94. The van der Waals surface area contributed by atoms with Crippen LogP contribution in [0.15, 0.2) is 24.3 Å². The fourth-order valence-corrected chi connectivity index (χ4v) is 2.02. The monoisotopic (exact) mass is 272 g/mol. The van der Waals surface area contributed by atoms with Crippen LogP contribution >= 0.6 is 0 Å². The summed E-state index contributed by atoms with van der Waals surface area (Å²) < 4.78 is 10.2. The van der Waals surface area contributed by atoms with Gasteiger partial charge in [-0.3, -0.25) is 0 Å². The van der Waals surface area contributed by atoms with Gasteiger partial charge in [-0.1, -0.05) is 11.8 Å². The van der Waals surface area contributed by atoms with Crippen molar-refractivity contribution in [3.63, 3.8) is 0 Å². The maximum Gasteiger partial charge on any atom is 0.337 e. The van der Waals surface area contributed by atoms with Crippen LogP contribution in [-0.4, -0.2) is 26.3 Å². The Morgan fingerprint density at radius 2 is 2.05 bits per heavy atom. The predicted octanol–water partition coefficient (Wildman–Crippen LogP) is 2.89. The highest BCUT2D eigenvalue weighted by Gasteiger charge is 2.29. The van der Waals surface area contributed by atoms with Crippen molar-refractivity contribution in [3.05, 3.63) is 35.4 Å². The molecule has 0 N–H and O–H groups in total. The smallest absolute Gasteiger partial charge is 0.337 e. The van der Waals surface area contributed by atoms with Crippen LogP contribution in [0.2, 0.25) is 0 Å². The Kier molecular flexibility index (Phi) is 5.20. The number of carbonyl (C=O) groups is 1. The Morgan fingerprint density at radius 3 is 2.60 bits per heavy atom. The molecule has 0 radical (unpaired) electrons. The van der Waals surface area contributed by atoms with Crippen molar-refractivity contribution in [2.24, 2.45) is 11.8 Å². The molecular formula is C17H20O3. The Morgan fingerprint density at radius 1 is 1.35 bits per heavy atom. The number of rotatable bonds is 5. The van der Waals surface area contributed by atoms with Crippen LogP contribution in [0.25, 0.3) is 0 Å². The van der Waals surface area contributed by atoms with Gasteiger partial charge in [-0.2, -0.15) is 0 Å². The lowest BCUT2D eigenvalue weighted by Crippen LogP contribution is -2.09. The summed E-state index contributed by atoms with van der Waals surface area (Å²) in [6, 6.07) is 7.18. The molecule has 0 spiro atoms. The van der Waals surface area contributed by atoms with Gasteiger partial charge >= 0.3 is 5.97 Å². The summed E-state index contributed by atoms with van der Waals surface area (Å²) in [5.41, 5.74) is 1.46. The van der Waals surface area contributed by atoms with Crippen molar-refractivity contribution in [2.45, 2.75) is 19.8 Å². The number of ether oxygens (including phenoxy) is 2. The number of hydrogen-bond acceptors (Lipinski definition) is 3. The molecule has 0 bridgehead atoms. The van der Waals surface area contributed by atoms with E-state index < -0.39 is 0 Å². The zero-order valence-electron chi connectivity index (χ0n) is 12.0. The van der Waals surface area contributed by atoms with Crippen LogP contribution in [0.5, 0.6) is 0 Å². The standard InChI is InChI=1S/C17H20O3/c1-3-20-12-16(14-10-11-14)9-6-13-4-7-15(8-5-13)17(18)19-2/h4-5,7-8,14,16H,3,10-12H2,1-2H3. The lowest BCUT2D eigenvalue weighted by atomic mass is 10.0. The van der Waals surface area contributed by atoms with Gasteiger partial charge in [0.05, 0.1) is 19.3 Å². The third-order valence-corrected chi connectivity index (χ3v) is 3.40. The van der Waals surface area contributed by atoms with Gasteiger partial charge in [-0.25, -0.2) is 4.79 Å². The molecule has 0 heterocycles. The van der Waals surface area contributed by atoms with E-state index in [4.69, 9.17) is 4.74 Å². The van der Waals surface area contributed by atoms with Gasteiger partial charge in [0.1, 0.15) is 0 Å². The second-order valence-electron chi connectivity index (χ2n) is 4.94. The van der Waals surface area contributed by atoms with Crippen LogP contribution in [0.4, 0.5) is 0 Å². The topological polar surface area (TPSA) is 35.5 Å². The lowest BCUT2D eigenvalue weighted by Gasteiger charge is -2.08. The number of benzene rings is 1. The average molecular weight is 272 g/mol. The minimum absolute atomic E-state index is 0.322. The van der Waals surface area contributed by atoms with E-state index in [2.05, 4.69) is 16.6 Å². The van der Waals surface area contributed by atoms with E-state index in [0.717, 1.165) is 12.2 Å². The van der Waals surface area contributed by atoms with E-state index in [1.54, 1.807) is 12.1 Å². The number of carbonyl (C=O) groups excluding carboxylic acids is 1. The summed E-state index contributed by atoms with van der Waals surface area (Å²) >= 11 is 0. The number of methoxy groups -OCH3 is 1. The van der Waals surface area contributed by atoms with Crippen molar-refractivity contribution in [3.8, 4) is 11.8 Å². The van der Waals surface area contributed by atoms with Crippen molar-refractivity contribution < 1.29 is 14.3 Å². The lowest BCUT2D eigenvalue weighted by molar-refractivity contribution is 0.0600. The number of esters is 1. The maximum atomic E-state index is 11.3. The molecular weight excluding hydrogens is 252 g/mol. The van der Waals surface area contributed by atoms with Gasteiger partial charge < -0.3 is 9.47 Å². The fraction of sp³-hybridized carbons (Fsp3) is 0.471. The molecule has 1 aliphatic rings. The first kappa shape index (κ1) is 14.6. The first-order valence-corrected chi connectivity index (χ1v) is 7.02. The van der Waals surface area contributed by atoms with Crippen molar-refractivity contribution in [1.82, 2.24) is 0 Å². The van der Waals surface area contributed by atoms with E-state index in [0.29, 0.717) is 24.0 Å². The summed E-state index contributed by atoms with van der Waals surface area (Å²) in [7, 11) is 1.38. The van der Waals surface area contributed by atoms with Crippen molar-refractivity contribution in [2.75, 3.05) is 20.3 Å². The van der Waals surface area contributed by atoms with Gasteiger partial charge in [-0.05, 0) is 49.9 Å². The molecule has 0 aromatic heterocycles. The predicted molar refractivity (Wildman–Crippen MR) is 77.4 cm³/mol. The van der Waals surface area contributed by atoms with E-state index in [1.165, 1.54) is 20.0 Å². The van der Waals surface area contributed by atoms with Gasteiger partial charge in [0.2, 0.25) is 0 Å². The van der Waals surface area contributed by atoms with Crippen LogP contribution in [0.3, 0.4) is 0 Å². The summed E-state index contributed by atoms with van der Waals surface area (Å²) in [5, 5.41) is 0. The normalized spacial score (nSPS) is 15.1. The molecule has 106 valence electrons. The molecule has 20 heavy (non-hydrogen) atoms. The average Bonchev–Trinajstić information content (AvgIpc) is 3.32. The van der Waals surface area contributed by atoms with E-state index >= 15 is 0 Å². The van der Waals surface area contributed by atoms with E-state index in [-0.39, 0.29) is 5.97 Å². The molecule has 0 saturated heterocycles. The van der Waals surface area contributed by atoms with Crippen LogP contribution in [0, 0.1) is 23.7 Å². The van der Waals surface area contributed by atoms with Gasteiger partial charge in [0.25, 0.3) is 0 Å². The molecule has 3 heteroatoms. The molecule has 1 saturated carbocycles. The molecule has 0 amide bonds. The first-order valence-electron chi connectivity index (χ1n) is 7.02. The minimum atomic E-state index is -0.322. The van der Waals surface area contributed by atoms with Crippen LogP contribution in [-0.2, 0) is 9.47 Å². The third-order valence-electron chi connectivity index (χ3n) is 3.40. The number of hydrogen-bond donors (Lipinski definition) is 0. The molecule has 1 aromatic carbocycles. The summed E-state index contributed by atoms with van der Waals surface area (Å²) in [6.45, 7) is 3.45. The highest BCUT2D eigenvalue weighted by atomic mass is 16.5. The molecule has 1 unspecified atom stereocenters. The summed E-state index contributed by atoms with van der Waals surface area (Å²) in [6.07, 6.45) is 2.52. The van der Waals surface area contributed by atoms with Gasteiger partial charge in [-0.15, -0.1) is 0 Å². The molecule has 0 aliphatic heterocycles. The Labute approximate surface area is 120 Å². The summed E-state index contributed by atoms with van der Waals surface area (Å²) in [4.78, 5) is 11.3. The Hall–Kier alpha value is -1.79. The zero-order valence-corrected chi connectivity index (χ0v) is 12.0.